The van der Waals surface area contributed by atoms with E-state index in [4.69, 9.17) is 0 Å². The van der Waals surface area contributed by atoms with E-state index in [9.17, 15) is 0 Å². The van der Waals surface area contributed by atoms with Crippen LogP contribution in [0.25, 0.3) is 0 Å². The van der Waals surface area contributed by atoms with Crippen molar-refractivity contribution in [1.82, 2.24) is 10.2 Å². The molecule has 16 heavy (non-hydrogen) atoms. The van der Waals surface area contributed by atoms with E-state index in [1.54, 1.807) is 0 Å². The molecule has 1 rings (SSSR count). The highest BCUT2D eigenvalue weighted by Crippen LogP contribution is 2.24. The summed E-state index contributed by atoms with van der Waals surface area (Å²) < 4.78 is 0. The molecule has 0 bridgehead atoms. The van der Waals surface area contributed by atoms with Crippen LogP contribution in [0.3, 0.4) is 0 Å². The molecule has 1 atom stereocenters. The van der Waals surface area contributed by atoms with Gasteiger partial charge in [0.15, 0.2) is 0 Å². The van der Waals surface area contributed by atoms with Gasteiger partial charge in [0.1, 0.15) is 0 Å². The second-order valence-electron chi connectivity index (χ2n) is 5.29. The molecule has 0 amide bonds. The van der Waals surface area contributed by atoms with Crippen molar-refractivity contribution in [1.29, 1.82) is 0 Å². The smallest absolute Gasteiger partial charge is 0.0135 e. The van der Waals surface area contributed by atoms with Gasteiger partial charge in [-0.3, -0.25) is 4.90 Å². The third-order valence-corrected chi connectivity index (χ3v) is 3.59. The van der Waals surface area contributed by atoms with E-state index in [1.807, 2.05) is 7.05 Å². The van der Waals surface area contributed by atoms with Gasteiger partial charge in [-0.15, -0.1) is 0 Å². The van der Waals surface area contributed by atoms with Gasteiger partial charge in [-0.05, 0) is 59.7 Å². The van der Waals surface area contributed by atoms with Gasteiger partial charge in [0.05, 0.1) is 0 Å². The Morgan fingerprint density at radius 3 is 2.81 bits per heavy atom. The Kier molecular flexibility index (Phi) is 6.07. The summed E-state index contributed by atoms with van der Waals surface area (Å²) >= 11 is 0. The topological polar surface area (TPSA) is 15.3 Å². The highest BCUT2D eigenvalue weighted by molar-refractivity contribution is 4.99. The van der Waals surface area contributed by atoms with Gasteiger partial charge in [-0.2, -0.15) is 0 Å². The number of hydrogen-bond donors (Lipinski definition) is 1. The molecule has 0 aromatic carbocycles. The van der Waals surface area contributed by atoms with Gasteiger partial charge in [0.25, 0.3) is 0 Å². The summed E-state index contributed by atoms with van der Waals surface area (Å²) in [5, 5.41) is 3.20. The average Bonchev–Trinajstić information content (AvgIpc) is 2.27. The van der Waals surface area contributed by atoms with Crippen LogP contribution in [0.5, 0.6) is 0 Å². The quantitative estimate of drug-likeness (QED) is 0.698. The minimum absolute atomic E-state index is 0.683. The van der Waals surface area contributed by atoms with E-state index in [0.717, 1.165) is 19.0 Å². The Morgan fingerprint density at radius 1 is 1.44 bits per heavy atom. The average molecular weight is 224 g/mol. The molecule has 2 nitrogen and oxygen atoms in total. The second-order valence-corrected chi connectivity index (χ2v) is 5.29. The lowest BCUT2D eigenvalue weighted by Crippen LogP contribution is -2.44. The van der Waals surface area contributed by atoms with Crippen LogP contribution in [0.4, 0.5) is 0 Å². The molecule has 0 spiro atoms. The Bertz CT molecular complexity index is 211. The third kappa shape index (κ3) is 4.26. The summed E-state index contributed by atoms with van der Waals surface area (Å²) in [5.41, 5.74) is 1.41. The van der Waals surface area contributed by atoms with Crippen molar-refractivity contribution in [3.05, 3.63) is 12.2 Å². The monoisotopic (exact) mass is 224 g/mol. The molecule has 0 aromatic heterocycles. The summed E-state index contributed by atoms with van der Waals surface area (Å²) in [5.74, 6) is 0. The molecule has 1 N–H and O–H groups in total. The van der Waals surface area contributed by atoms with E-state index in [1.165, 1.54) is 37.8 Å². The number of likely N-dealkylation sites (tertiary alicyclic amines) is 1. The van der Waals surface area contributed by atoms with Gasteiger partial charge in [-0.25, -0.2) is 0 Å². The minimum atomic E-state index is 0.683. The lowest BCUT2D eigenvalue weighted by atomic mass is 9.94. The van der Waals surface area contributed by atoms with Crippen LogP contribution in [0.2, 0.25) is 0 Å². The summed E-state index contributed by atoms with van der Waals surface area (Å²) in [6.45, 7) is 11.2. The zero-order chi connectivity index (χ0) is 12.0. The van der Waals surface area contributed by atoms with Crippen LogP contribution in [-0.2, 0) is 0 Å². The van der Waals surface area contributed by atoms with Gasteiger partial charge < -0.3 is 5.32 Å². The van der Waals surface area contributed by atoms with Gasteiger partial charge >= 0.3 is 0 Å². The Labute approximate surface area is 101 Å². The first-order chi connectivity index (χ1) is 7.65. The van der Waals surface area contributed by atoms with Crippen molar-refractivity contribution < 1.29 is 0 Å². The highest BCUT2D eigenvalue weighted by atomic mass is 15.2. The minimum Gasteiger partial charge on any atom is -0.319 e. The summed E-state index contributed by atoms with van der Waals surface area (Å²) in [7, 11) is 2.01. The summed E-state index contributed by atoms with van der Waals surface area (Å²) in [6.07, 6.45) is 6.44. The molecule has 1 heterocycles. The third-order valence-electron chi connectivity index (χ3n) is 3.59. The predicted octanol–water partition coefficient (Wildman–Crippen LogP) is 2.81. The maximum absolute atomic E-state index is 4.21. The fourth-order valence-electron chi connectivity index (χ4n) is 2.66. The Balaban J connectivity index is 2.40. The molecule has 0 saturated carbocycles. The molecule has 0 aliphatic carbocycles. The number of nitrogens with one attached hydrogen (secondary N) is 1. The zero-order valence-electron chi connectivity index (χ0n) is 11.3. The van der Waals surface area contributed by atoms with Gasteiger partial charge in [0.2, 0.25) is 0 Å². The maximum Gasteiger partial charge on any atom is 0.0135 e. The van der Waals surface area contributed by atoms with Crippen LogP contribution >= 0.6 is 0 Å². The molecule has 0 radical (unpaired) electrons. The Hall–Kier alpha value is -0.340. The zero-order valence-corrected chi connectivity index (χ0v) is 11.3. The molecule has 1 aliphatic heterocycles. The second kappa shape index (κ2) is 7.08. The molecular weight excluding hydrogens is 196 g/mol. The van der Waals surface area contributed by atoms with Gasteiger partial charge in [0, 0.05) is 12.1 Å². The molecule has 0 aromatic rings. The van der Waals surface area contributed by atoms with Crippen LogP contribution in [0.15, 0.2) is 12.2 Å². The van der Waals surface area contributed by atoms with E-state index < -0.39 is 0 Å². The standard InChI is InChI=1S/C14H28N2/c1-12(2)16-10-6-5-7-14(16)11-13(3)8-9-15-4/h12,14-15H,3,5-11H2,1-2,4H3. The van der Waals surface area contributed by atoms with Crippen molar-refractivity contribution in [3.63, 3.8) is 0 Å². The van der Waals surface area contributed by atoms with Crippen molar-refractivity contribution >= 4 is 0 Å². The molecule has 2 heteroatoms. The first kappa shape index (κ1) is 13.7. The van der Waals surface area contributed by atoms with E-state index in [0.29, 0.717) is 6.04 Å². The van der Waals surface area contributed by atoms with E-state index in [-0.39, 0.29) is 0 Å². The highest BCUT2D eigenvalue weighted by Gasteiger charge is 2.24. The lowest BCUT2D eigenvalue weighted by Gasteiger charge is -2.39. The van der Waals surface area contributed by atoms with Crippen LogP contribution < -0.4 is 5.32 Å². The van der Waals surface area contributed by atoms with Crippen molar-refractivity contribution in [3.8, 4) is 0 Å². The Morgan fingerprint density at radius 2 is 2.19 bits per heavy atom. The maximum atomic E-state index is 4.21. The number of hydrogen-bond acceptors (Lipinski definition) is 2. The molecular formula is C14H28N2. The van der Waals surface area contributed by atoms with Crippen molar-refractivity contribution in [2.45, 2.75) is 58.0 Å². The van der Waals surface area contributed by atoms with Gasteiger partial charge in [-0.1, -0.05) is 18.6 Å². The van der Waals surface area contributed by atoms with E-state index >= 15 is 0 Å². The normalized spacial score (nSPS) is 22.6. The molecule has 1 unspecified atom stereocenters. The lowest BCUT2D eigenvalue weighted by molar-refractivity contribution is 0.111. The largest absolute Gasteiger partial charge is 0.319 e. The van der Waals surface area contributed by atoms with Crippen LogP contribution in [-0.4, -0.2) is 37.1 Å². The number of rotatable bonds is 6. The van der Waals surface area contributed by atoms with Crippen molar-refractivity contribution in [2.24, 2.45) is 0 Å². The fourth-order valence-corrected chi connectivity index (χ4v) is 2.66. The summed E-state index contributed by atoms with van der Waals surface area (Å²) in [6, 6.07) is 1.43. The number of nitrogens with zero attached hydrogens (tertiary/aromatic N) is 1. The predicted molar refractivity (Wildman–Crippen MR) is 71.8 cm³/mol. The van der Waals surface area contributed by atoms with Crippen LogP contribution in [0, 0.1) is 0 Å². The SMILES string of the molecule is C=C(CCNC)CC1CCCCN1C(C)C. The summed E-state index contributed by atoms with van der Waals surface area (Å²) in [4.78, 5) is 2.66. The van der Waals surface area contributed by atoms with E-state index in [2.05, 4.69) is 30.6 Å². The first-order valence-corrected chi connectivity index (χ1v) is 6.72. The molecule has 1 fully saturated rings. The fraction of sp³-hybridized carbons (Fsp3) is 0.857. The first-order valence-electron chi connectivity index (χ1n) is 6.72. The molecule has 1 saturated heterocycles. The number of piperidine rings is 1. The van der Waals surface area contributed by atoms with Crippen LogP contribution in [0.1, 0.15) is 46.0 Å². The molecule has 94 valence electrons. The van der Waals surface area contributed by atoms with Crippen molar-refractivity contribution in [2.75, 3.05) is 20.1 Å². The molecule has 1 aliphatic rings.